The summed E-state index contributed by atoms with van der Waals surface area (Å²) in [6.45, 7) is 2.32. The van der Waals surface area contributed by atoms with Crippen LogP contribution in [-0.4, -0.2) is 28.5 Å². The first-order valence-corrected chi connectivity index (χ1v) is 6.64. The molecular weight excluding hydrogens is 276 g/mol. The minimum absolute atomic E-state index is 0.111. The van der Waals surface area contributed by atoms with E-state index in [1.165, 1.54) is 24.3 Å². The van der Waals surface area contributed by atoms with Gasteiger partial charge < -0.3 is 10.4 Å². The topological polar surface area (TPSA) is 110 Å². The van der Waals surface area contributed by atoms with Crippen molar-refractivity contribution in [1.29, 1.82) is 0 Å². The zero-order valence-electron chi connectivity index (χ0n) is 11.7. The highest BCUT2D eigenvalue weighted by atomic mass is 16.6. The van der Waals surface area contributed by atoms with Crippen molar-refractivity contribution in [2.45, 2.75) is 26.2 Å². The second-order valence-electron chi connectivity index (χ2n) is 4.89. The Morgan fingerprint density at radius 2 is 2.10 bits per heavy atom. The van der Waals surface area contributed by atoms with Crippen LogP contribution in [0.15, 0.2) is 24.3 Å². The molecule has 21 heavy (non-hydrogen) atoms. The fourth-order valence-corrected chi connectivity index (χ4v) is 1.81. The molecule has 1 rings (SSSR count). The number of carboxylic acid groups (broad SMARTS) is 1. The molecule has 0 spiro atoms. The van der Waals surface area contributed by atoms with E-state index in [0.717, 1.165) is 0 Å². The van der Waals surface area contributed by atoms with Gasteiger partial charge in [0.1, 0.15) is 0 Å². The maximum Gasteiger partial charge on any atom is 0.303 e. The Hall–Kier alpha value is -2.44. The highest BCUT2D eigenvalue weighted by Gasteiger charge is 2.11. The van der Waals surface area contributed by atoms with Gasteiger partial charge in [-0.05, 0) is 24.8 Å². The molecule has 1 aromatic rings. The number of benzene rings is 1. The summed E-state index contributed by atoms with van der Waals surface area (Å²) in [5.74, 6) is -1.02. The standard InChI is InChI=1S/C14H18N2O5/c1-10(5-6-13(17)18)7-8-15-14(19)11-3-2-4-12(9-11)16(20)21/h2-4,9-10H,5-8H2,1H3,(H,15,19)(H,17,18). The lowest BCUT2D eigenvalue weighted by molar-refractivity contribution is -0.384. The highest BCUT2D eigenvalue weighted by Crippen LogP contribution is 2.13. The van der Waals surface area contributed by atoms with Crippen molar-refractivity contribution in [2.24, 2.45) is 5.92 Å². The Morgan fingerprint density at radius 1 is 1.38 bits per heavy atom. The van der Waals surface area contributed by atoms with Crippen LogP contribution in [0.5, 0.6) is 0 Å². The van der Waals surface area contributed by atoms with E-state index in [9.17, 15) is 19.7 Å². The Bertz CT molecular complexity index is 530. The first-order chi connectivity index (χ1) is 9.90. The van der Waals surface area contributed by atoms with Gasteiger partial charge in [-0.15, -0.1) is 0 Å². The normalized spacial score (nSPS) is 11.7. The molecule has 0 fully saturated rings. The lowest BCUT2D eigenvalue weighted by atomic mass is 10.0. The van der Waals surface area contributed by atoms with Crippen molar-refractivity contribution in [3.63, 3.8) is 0 Å². The number of nitro benzene ring substituents is 1. The Balaban J connectivity index is 2.42. The van der Waals surface area contributed by atoms with Crippen LogP contribution in [0.3, 0.4) is 0 Å². The SMILES string of the molecule is CC(CCNC(=O)c1cccc([N+](=O)[O-])c1)CCC(=O)O. The van der Waals surface area contributed by atoms with Gasteiger partial charge in [-0.25, -0.2) is 0 Å². The van der Waals surface area contributed by atoms with Crippen LogP contribution < -0.4 is 5.32 Å². The summed E-state index contributed by atoms with van der Waals surface area (Å²) in [7, 11) is 0. The van der Waals surface area contributed by atoms with Gasteiger partial charge >= 0.3 is 5.97 Å². The van der Waals surface area contributed by atoms with Crippen LogP contribution in [0.4, 0.5) is 5.69 Å². The number of hydrogen-bond donors (Lipinski definition) is 2. The third kappa shape index (κ3) is 6.03. The number of carbonyl (C=O) groups is 2. The molecule has 0 aliphatic rings. The maximum atomic E-state index is 11.8. The van der Waals surface area contributed by atoms with Crippen LogP contribution in [0.2, 0.25) is 0 Å². The van der Waals surface area contributed by atoms with Gasteiger partial charge in [-0.2, -0.15) is 0 Å². The van der Waals surface area contributed by atoms with E-state index < -0.39 is 10.9 Å². The number of nitrogens with one attached hydrogen (secondary N) is 1. The molecular formula is C14H18N2O5. The van der Waals surface area contributed by atoms with E-state index in [-0.39, 0.29) is 29.5 Å². The summed E-state index contributed by atoms with van der Waals surface area (Å²) in [6, 6.07) is 5.52. The van der Waals surface area contributed by atoms with Gasteiger partial charge in [0.05, 0.1) is 4.92 Å². The summed E-state index contributed by atoms with van der Waals surface area (Å²) >= 11 is 0. The lowest BCUT2D eigenvalue weighted by Gasteiger charge is -2.10. The molecule has 1 atom stereocenters. The number of hydrogen-bond acceptors (Lipinski definition) is 4. The number of aliphatic carboxylic acids is 1. The number of carboxylic acids is 1. The van der Waals surface area contributed by atoms with Crippen LogP contribution in [-0.2, 0) is 4.79 Å². The van der Waals surface area contributed by atoms with Crippen LogP contribution in [0.1, 0.15) is 36.5 Å². The first-order valence-electron chi connectivity index (χ1n) is 6.64. The second-order valence-corrected chi connectivity index (χ2v) is 4.89. The molecule has 0 heterocycles. The zero-order chi connectivity index (χ0) is 15.8. The van der Waals surface area contributed by atoms with E-state index in [2.05, 4.69) is 5.32 Å². The molecule has 0 radical (unpaired) electrons. The number of nitro groups is 1. The molecule has 1 aromatic carbocycles. The first kappa shape index (κ1) is 16.6. The molecule has 7 heteroatoms. The fraction of sp³-hybridized carbons (Fsp3) is 0.429. The summed E-state index contributed by atoms with van der Waals surface area (Å²) in [6.07, 6.45) is 1.33. The van der Waals surface area contributed by atoms with Crippen LogP contribution in [0, 0.1) is 16.0 Å². The fourth-order valence-electron chi connectivity index (χ4n) is 1.81. The van der Waals surface area contributed by atoms with Crippen molar-refractivity contribution in [3.8, 4) is 0 Å². The minimum Gasteiger partial charge on any atom is -0.481 e. The predicted octanol–water partition coefficient (Wildman–Crippen LogP) is 2.22. The minimum atomic E-state index is -0.831. The molecule has 7 nitrogen and oxygen atoms in total. The Labute approximate surface area is 122 Å². The van der Waals surface area contributed by atoms with Crippen molar-refractivity contribution in [3.05, 3.63) is 39.9 Å². The molecule has 0 bridgehead atoms. The molecule has 1 unspecified atom stereocenters. The van der Waals surface area contributed by atoms with E-state index in [4.69, 9.17) is 5.11 Å². The van der Waals surface area contributed by atoms with Gasteiger partial charge in [0.2, 0.25) is 0 Å². The molecule has 2 N–H and O–H groups in total. The van der Waals surface area contributed by atoms with Crippen molar-refractivity contribution in [1.82, 2.24) is 5.32 Å². The van der Waals surface area contributed by atoms with Gasteiger partial charge in [-0.3, -0.25) is 19.7 Å². The number of amides is 1. The molecule has 0 aromatic heterocycles. The maximum absolute atomic E-state index is 11.8. The van der Waals surface area contributed by atoms with Gasteiger partial charge in [0.15, 0.2) is 0 Å². The third-order valence-electron chi connectivity index (χ3n) is 3.09. The quantitative estimate of drug-likeness (QED) is 0.564. The van der Waals surface area contributed by atoms with Crippen LogP contribution >= 0.6 is 0 Å². The van der Waals surface area contributed by atoms with E-state index in [0.29, 0.717) is 19.4 Å². The van der Waals surface area contributed by atoms with E-state index in [1.807, 2.05) is 6.92 Å². The smallest absolute Gasteiger partial charge is 0.303 e. The summed E-state index contributed by atoms with van der Waals surface area (Å²) in [4.78, 5) is 32.4. The third-order valence-corrected chi connectivity index (χ3v) is 3.09. The number of carbonyl (C=O) groups excluding carboxylic acids is 1. The van der Waals surface area contributed by atoms with Crippen molar-refractivity contribution in [2.75, 3.05) is 6.54 Å². The van der Waals surface area contributed by atoms with Gasteiger partial charge in [0.25, 0.3) is 11.6 Å². The van der Waals surface area contributed by atoms with Crippen LogP contribution in [0.25, 0.3) is 0 Å². The van der Waals surface area contributed by atoms with E-state index >= 15 is 0 Å². The summed E-state index contributed by atoms with van der Waals surface area (Å²) < 4.78 is 0. The largest absolute Gasteiger partial charge is 0.481 e. The lowest BCUT2D eigenvalue weighted by Crippen LogP contribution is -2.25. The predicted molar refractivity (Wildman–Crippen MR) is 76.1 cm³/mol. The zero-order valence-corrected chi connectivity index (χ0v) is 11.7. The average molecular weight is 294 g/mol. The molecule has 114 valence electrons. The van der Waals surface area contributed by atoms with E-state index in [1.54, 1.807) is 0 Å². The Morgan fingerprint density at radius 3 is 2.71 bits per heavy atom. The molecule has 0 saturated carbocycles. The monoisotopic (exact) mass is 294 g/mol. The highest BCUT2D eigenvalue weighted by molar-refractivity contribution is 5.94. The van der Waals surface area contributed by atoms with Crippen molar-refractivity contribution >= 4 is 17.6 Å². The summed E-state index contributed by atoms with van der Waals surface area (Å²) in [5.41, 5.74) is 0.111. The Kier molecular flexibility index (Phi) is 6.32. The van der Waals surface area contributed by atoms with Crippen molar-refractivity contribution < 1.29 is 19.6 Å². The number of rotatable bonds is 8. The molecule has 0 aliphatic carbocycles. The number of nitrogens with zero attached hydrogens (tertiary/aromatic N) is 1. The molecule has 1 amide bonds. The average Bonchev–Trinajstić information content (AvgIpc) is 2.45. The second kappa shape index (κ2) is 7.98. The molecule has 0 aliphatic heterocycles. The van der Waals surface area contributed by atoms with Gasteiger partial charge in [-0.1, -0.05) is 13.0 Å². The number of non-ortho nitro benzene ring substituents is 1. The van der Waals surface area contributed by atoms with Gasteiger partial charge in [0, 0.05) is 30.7 Å². The summed E-state index contributed by atoms with van der Waals surface area (Å²) in [5, 5.41) is 21.9. The molecule has 0 saturated heterocycles.